The van der Waals surface area contributed by atoms with Gasteiger partial charge in [0.1, 0.15) is 5.60 Å². The van der Waals surface area contributed by atoms with E-state index in [1.165, 1.54) is 0 Å². The van der Waals surface area contributed by atoms with Gasteiger partial charge in [0.25, 0.3) is 5.91 Å². The molecule has 0 heterocycles. The lowest BCUT2D eigenvalue weighted by Crippen LogP contribution is -2.47. The fourth-order valence-corrected chi connectivity index (χ4v) is 2.02. The molecule has 0 saturated carbocycles. The average Bonchev–Trinajstić information content (AvgIpc) is 2.50. The first-order valence-corrected chi connectivity index (χ1v) is 8.92. The van der Waals surface area contributed by atoms with Crippen LogP contribution in [0.5, 0.6) is 0 Å². The lowest BCUT2D eigenvalue weighted by molar-refractivity contribution is 0.0635. The maximum atomic E-state index is 12.2. The molecule has 1 aromatic rings. The Morgan fingerprint density at radius 3 is 2.50 bits per heavy atom. The number of hydrogen-bond donors (Lipinski definition) is 4. The number of rotatable bonds is 5. The summed E-state index contributed by atoms with van der Waals surface area (Å²) in [6, 6.07) is 6.52. The lowest BCUT2D eigenvalue weighted by Gasteiger charge is -2.19. The topological polar surface area (TPSA) is 91.5 Å². The average molecular weight is 381 g/mol. The number of carbonyl (C=O) groups is 2. The van der Waals surface area contributed by atoms with Gasteiger partial charge >= 0.3 is 6.09 Å². The van der Waals surface area contributed by atoms with Gasteiger partial charge in [-0.1, -0.05) is 19.9 Å². The van der Waals surface area contributed by atoms with E-state index in [-0.39, 0.29) is 5.91 Å². The molecule has 0 aliphatic rings. The zero-order chi connectivity index (χ0) is 19.7. The van der Waals surface area contributed by atoms with Crippen LogP contribution in [0.4, 0.5) is 10.5 Å². The van der Waals surface area contributed by atoms with Crippen LogP contribution in [0.25, 0.3) is 0 Å². The summed E-state index contributed by atoms with van der Waals surface area (Å²) >= 11 is 5.10. The monoisotopic (exact) mass is 380 g/mol. The van der Waals surface area contributed by atoms with Crippen LogP contribution in [0.1, 0.15) is 51.4 Å². The standard InChI is InChI=1S/C18H28N4O3S/c1-12(2)9-10-19-16(26)22-21-15(23)13-7-6-8-14(11-13)20-17(24)25-18(3,4)5/h6-8,11-12H,9-10H2,1-5H3,(H,20,24)(H,21,23)(H2,19,22,26). The van der Waals surface area contributed by atoms with Crippen LogP contribution in [0.2, 0.25) is 0 Å². The van der Waals surface area contributed by atoms with Crippen molar-refractivity contribution < 1.29 is 14.3 Å². The molecule has 2 amide bonds. The quantitative estimate of drug-likeness (QED) is 0.463. The molecule has 26 heavy (non-hydrogen) atoms. The first kappa shape index (κ1) is 21.7. The number of nitrogens with one attached hydrogen (secondary N) is 4. The molecule has 0 spiro atoms. The lowest BCUT2D eigenvalue weighted by atomic mass is 10.1. The Morgan fingerprint density at radius 1 is 1.19 bits per heavy atom. The van der Waals surface area contributed by atoms with Crippen molar-refractivity contribution in [1.82, 2.24) is 16.2 Å². The predicted molar refractivity (Wildman–Crippen MR) is 107 cm³/mol. The number of hydrazine groups is 1. The van der Waals surface area contributed by atoms with Crippen LogP contribution in [0.3, 0.4) is 0 Å². The molecule has 0 aromatic heterocycles. The Balaban J connectivity index is 2.52. The summed E-state index contributed by atoms with van der Waals surface area (Å²) in [7, 11) is 0. The van der Waals surface area contributed by atoms with E-state index in [1.54, 1.807) is 45.0 Å². The third-order valence-corrected chi connectivity index (χ3v) is 3.31. The van der Waals surface area contributed by atoms with Gasteiger partial charge in [0.05, 0.1) is 0 Å². The second kappa shape index (κ2) is 9.96. The molecule has 0 fully saturated rings. The smallest absolute Gasteiger partial charge is 0.412 e. The molecule has 0 atom stereocenters. The van der Waals surface area contributed by atoms with E-state index in [0.29, 0.717) is 22.3 Å². The number of carbonyl (C=O) groups excluding carboxylic acids is 2. The Kier molecular flexibility index (Phi) is 8.31. The summed E-state index contributed by atoms with van der Waals surface area (Å²) in [6.45, 7) is 10.3. The van der Waals surface area contributed by atoms with Crippen LogP contribution >= 0.6 is 12.2 Å². The maximum Gasteiger partial charge on any atom is 0.412 e. The van der Waals surface area contributed by atoms with Gasteiger partial charge in [0.15, 0.2) is 5.11 Å². The molecule has 0 aliphatic carbocycles. The normalized spacial score (nSPS) is 10.8. The highest BCUT2D eigenvalue weighted by atomic mass is 32.1. The van der Waals surface area contributed by atoms with Gasteiger partial charge in [-0.2, -0.15) is 0 Å². The van der Waals surface area contributed by atoms with Crippen LogP contribution in [0, 0.1) is 5.92 Å². The molecule has 0 unspecified atom stereocenters. The van der Waals surface area contributed by atoms with Crippen molar-refractivity contribution >= 4 is 35.0 Å². The van der Waals surface area contributed by atoms with Crippen molar-refractivity contribution in [2.24, 2.45) is 5.92 Å². The molecule has 144 valence electrons. The SMILES string of the molecule is CC(C)CCNC(=S)NNC(=O)c1cccc(NC(=O)OC(C)(C)C)c1. The van der Waals surface area contributed by atoms with Crippen molar-refractivity contribution in [1.29, 1.82) is 0 Å². The van der Waals surface area contributed by atoms with E-state index >= 15 is 0 Å². The molecule has 1 aromatic carbocycles. The van der Waals surface area contributed by atoms with E-state index in [0.717, 1.165) is 13.0 Å². The molecule has 0 aliphatic heterocycles. The number of benzene rings is 1. The highest BCUT2D eigenvalue weighted by molar-refractivity contribution is 7.80. The molecule has 4 N–H and O–H groups in total. The Morgan fingerprint density at radius 2 is 1.88 bits per heavy atom. The Bertz CT molecular complexity index is 642. The van der Waals surface area contributed by atoms with Gasteiger partial charge in [0, 0.05) is 17.8 Å². The summed E-state index contributed by atoms with van der Waals surface area (Å²) in [6.07, 6.45) is 0.400. The summed E-state index contributed by atoms with van der Waals surface area (Å²) in [5.41, 5.74) is 5.41. The fraction of sp³-hybridized carbons (Fsp3) is 0.500. The van der Waals surface area contributed by atoms with Crippen molar-refractivity contribution in [2.75, 3.05) is 11.9 Å². The van der Waals surface area contributed by atoms with Crippen LogP contribution in [-0.4, -0.2) is 29.3 Å². The van der Waals surface area contributed by atoms with Gasteiger partial charge in [0.2, 0.25) is 0 Å². The summed E-state index contributed by atoms with van der Waals surface area (Å²) in [5.74, 6) is 0.200. The van der Waals surface area contributed by atoms with Gasteiger partial charge < -0.3 is 10.1 Å². The van der Waals surface area contributed by atoms with Crippen LogP contribution < -0.4 is 21.5 Å². The second-order valence-corrected chi connectivity index (χ2v) is 7.63. The number of anilines is 1. The van der Waals surface area contributed by atoms with Crippen molar-refractivity contribution in [2.45, 2.75) is 46.6 Å². The minimum absolute atomic E-state index is 0.349. The van der Waals surface area contributed by atoms with Gasteiger partial charge in [-0.15, -0.1) is 0 Å². The first-order chi connectivity index (χ1) is 12.1. The fourth-order valence-electron chi connectivity index (χ4n) is 1.86. The molecule has 1 rings (SSSR count). The highest BCUT2D eigenvalue weighted by Crippen LogP contribution is 2.13. The minimum Gasteiger partial charge on any atom is -0.444 e. The van der Waals surface area contributed by atoms with Crippen molar-refractivity contribution in [3.05, 3.63) is 29.8 Å². The molecule has 0 radical (unpaired) electrons. The molecule has 0 saturated heterocycles. The molecule has 7 nitrogen and oxygen atoms in total. The molecular weight excluding hydrogens is 352 g/mol. The maximum absolute atomic E-state index is 12.2. The number of hydrogen-bond acceptors (Lipinski definition) is 4. The van der Waals surface area contributed by atoms with Gasteiger partial charge in [-0.25, -0.2) is 4.79 Å². The van der Waals surface area contributed by atoms with Gasteiger partial charge in [-0.05, 0) is 63.5 Å². The van der Waals surface area contributed by atoms with E-state index in [4.69, 9.17) is 17.0 Å². The van der Waals surface area contributed by atoms with Gasteiger partial charge in [-0.3, -0.25) is 21.0 Å². The molecule has 0 bridgehead atoms. The summed E-state index contributed by atoms with van der Waals surface area (Å²) < 4.78 is 5.19. The largest absolute Gasteiger partial charge is 0.444 e. The van der Waals surface area contributed by atoms with Crippen molar-refractivity contribution in [3.8, 4) is 0 Å². The zero-order valence-corrected chi connectivity index (χ0v) is 16.8. The minimum atomic E-state index is -0.596. The number of ether oxygens (including phenoxy) is 1. The molecular formula is C18H28N4O3S. The predicted octanol–water partition coefficient (Wildman–Crippen LogP) is 3.19. The number of amides is 2. The summed E-state index contributed by atoms with van der Waals surface area (Å²) in [4.78, 5) is 24.0. The Labute approximate surface area is 160 Å². The second-order valence-electron chi connectivity index (χ2n) is 7.23. The zero-order valence-electron chi connectivity index (χ0n) is 15.9. The van der Waals surface area contributed by atoms with Crippen molar-refractivity contribution in [3.63, 3.8) is 0 Å². The number of thiocarbonyl (C=S) groups is 1. The molecule has 8 heteroatoms. The third-order valence-electron chi connectivity index (χ3n) is 3.07. The third kappa shape index (κ3) is 9.22. The van der Waals surface area contributed by atoms with Crippen LogP contribution in [-0.2, 0) is 4.74 Å². The van der Waals surface area contributed by atoms with E-state index < -0.39 is 11.7 Å². The van der Waals surface area contributed by atoms with E-state index in [2.05, 4.69) is 35.3 Å². The van der Waals surface area contributed by atoms with Crippen LogP contribution in [0.15, 0.2) is 24.3 Å². The Hall–Kier alpha value is -2.35. The van der Waals surface area contributed by atoms with E-state index in [9.17, 15) is 9.59 Å². The summed E-state index contributed by atoms with van der Waals surface area (Å²) in [5, 5.41) is 5.96. The first-order valence-electron chi connectivity index (χ1n) is 8.51. The highest BCUT2D eigenvalue weighted by Gasteiger charge is 2.16. The van der Waals surface area contributed by atoms with E-state index in [1.807, 2.05) is 0 Å².